The van der Waals surface area contributed by atoms with Gasteiger partial charge in [0.2, 0.25) is 5.91 Å². The van der Waals surface area contributed by atoms with E-state index in [9.17, 15) is 9.90 Å². The molecule has 1 atom stereocenters. The number of hydrogen-bond acceptors (Lipinski definition) is 3. The summed E-state index contributed by atoms with van der Waals surface area (Å²) in [5, 5.41) is 12.5. The molecule has 2 N–H and O–H groups in total. The number of hydrogen-bond donors (Lipinski definition) is 2. The molecule has 0 saturated carbocycles. The van der Waals surface area contributed by atoms with Gasteiger partial charge in [-0.25, -0.2) is 0 Å². The first-order chi connectivity index (χ1) is 9.02. The van der Waals surface area contributed by atoms with E-state index in [1.807, 2.05) is 45.0 Å². The van der Waals surface area contributed by atoms with E-state index in [-0.39, 0.29) is 11.9 Å². The number of amides is 1. The Balaban J connectivity index is 2.36. The third-order valence-electron chi connectivity index (χ3n) is 2.70. The van der Waals surface area contributed by atoms with Gasteiger partial charge in [0.15, 0.2) is 0 Å². The van der Waals surface area contributed by atoms with Crippen LogP contribution in [0.4, 0.5) is 0 Å². The first kappa shape index (κ1) is 15.5. The SMILES string of the molecule is CC[C@H](O)c1ccc(OCCC(=O)NC(C)C)cc1. The molecule has 0 aliphatic heterocycles. The van der Waals surface area contributed by atoms with Crippen LogP contribution in [0.25, 0.3) is 0 Å². The molecule has 0 aliphatic carbocycles. The van der Waals surface area contributed by atoms with Gasteiger partial charge in [0.25, 0.3) is 0 Å². The fourth-order valence-corrected chi connectivity index (χ4v) is 1.68. The third-order valence-corrected chi connectivity index (χ3v) is 2.70. The molecule has 0 fully saturated rings. The summed E-state index contributed by atoms with van der Waals surface area (Å²) in [6.07, 6.45) is 0.610. The van der Waals surface area contributed by atoms with Crippen LogP contribution < -0.4 is 10.1 Å². The Morgan fingerprint density at radius 3 is 2.47 bits per heavy atom. The highest BCUT2D eigenvalue weighted by molar-refractivity contribution is 5.76. The lowest BCUT2D eigenvalue weighted by atomic mass is 10.1. The number of aliphatic hydroxyl groups is 1. The molecule has 0 heterocycles. The van der Waals surface area contributed by atoms with E-state index in [1.54, 1.807) is 0 Å². The van der Waals surface area contributed by atoms with Crippen LogP contribution in [-0.2, 0) is 4.79 Å². The van der Waals surface area contributed by atoms with Gasteiger partial charge < -0.3 is 15.2 Å². The van der Waals surface area contributed by atoms with Gasteiger partial charge in [-0.15, -0.1) is 0 Å². The Morgan fingerprint density at radius 1 is 1.32 bits per heavy atom. The van der Waals surface area contributed by atoms with Crippen LogP contribution in [-0.4, -0.2) is 23.7 Å². The summed E-state index contributed by atoms with van der Waals surface area (Å²) in [7, 11) is 0. The highest BCUT2D eigenvalue weighted by atomic mass is 16.5. The lowest BCUT2D eigenvalue weighted by Gasteiger charge is -2.11. The largest absolute Gasteiger partial charge is 0.493 e. The number of carbonyl (C=O) groups is 1. The molecular formula is C15H23NO3. The minimum atomic E-state index is -0.425. The first-order valence-electron chi connectivity index (χ1n) is 6.73. The topological polar surface area (TPSA) is 58.6 Å². The van der Waals surface area contributed by atoms with E-state index in [0.29, 0.717) is 25.2 Å². The number of aliphatic hydroxyl groups excluding tert-OH is 1. The van der Waals surface area contributed by atoms with Crippen molar-refractivity contribution in [1.82, 2.24) is 5.32 Å². The van der Waals surface area contributed by atoms with Gasteiger partial charge in [-0.05, 0) is 38.0 Å². The van der Waals surface area contributed by atoms with Gasteiger partial charge in [-0.3, -0.25) is 4.79 Å². The second-order valence-electron chi connectivity index (χ2n) is 4.81. The maximum atomic E-state index is 11.4. The number of ether oxygens (including phenoxy) is 1. The monoisotopic (exact) mass is 265 g/mol. The molecule has 0 saturated heterocycles. The molecule has 106 valence electrons. The van der Waals surface area contributed by atoms with E-state index in [1.165, 1.54) is 0 Å². The van der Waals surface area contributed by atoms with Crippen molar-refractivity contribution in [1.29, 1.82) is 0 Å². The van der Waals surface area contributed by atoms with Gasteiger partial charge in [0.05, 0.1) is 19.1 Å². The van der Waals surface area contributed by atoms with Crippen molar-refractivity contribution in [3.05, 3.63) is 29.8 Å². The second kappa shape index (κ2) is 7.79. The van der Waals surface area contributed by atoms with Crippen LogP contribution in [0.2, 0.25) is 0 Å². The summed E-state index contributed by atoms with van der Waals surface area (Å²) in [5.74, 6) is 0.706. The highest BCUT2D eigenvalue weighted by Crippen LogP contribution is 2.19. The number of benzene rings is 1. The first-order valence-corrected chi connectivity index (χ1v) is 6.73. The Bertz CT molecular complexity index is 387. The zero-order valence-corrected chi connectivity index (χ0v) is 11.8. The van der Waals surface area contributed by atoms with Gasteiger partial charge in [-0.2, -0.15) is 0 Å². The molecule has 19 heavy (non-hydrogen) atoms. The van der Waals surface area contributed by atoms with Crippen molar-refractivity contribution < 1.29 is 14.6 Å². The molecule has 0 aromatic heterocycles. The number of nitrogens with one attached hydrogen (secondary N) is 1. The van der Waals surface area contributed by atoms with Crippen molar-refractivity contribution in [2.45, 2.75) is 45.8 Å². The molecule has 1 aromatic rings. The lowest BCUT2D eigenvalue weighted by Crippen LogP contribution is -2.31. The third kappa shape index (κ3) is 5.75. The lowest BCUT2D eigenvalue weighted by molar-refractivity contribution is -0.122. The quantitative estimate of drug-likeness (QED) is 0.796. The normalized spacial score (nSPS) is 12.3. The zero-order chi connectivity index (χ0) is 14.3. The average molecular weight is 265 g/mol. The van der Waals surface area contributed by atoms with E-state index < -0.39 is 6.10 Å². The van der Waals surface area contributed by atoms with Crippen LogP contribution in [0.1, 0.15) is 45.3 Å². The molecule has 1 rings (SSSR count). The van der Waals surface area contributed by atoms with E-state index in [0.717, 1.165) is 5.56 Å². The molecule has 0 radical (unpaired) electrons. The molecule has 0 aliphatic rings. The number of rotatable bonds is 7. The second-order valence-corrected chi connectivity index (χ2v) is 4.81. The predicted molar refractivity (Wildman–Crippen MR) is 75.1 cm³/mol. The van der Waals surface area contributed by atoms with E-state index in [2.05, 4.69) is 5.32 Å². The average Bonchev–Trinajstić information content (AvgIpc) is 2.37. The Labute approximate surface area is 114 Å². The molecule has 0 spiro atoms. The standard InChI is InChI=1S/C15H23NO3/c1-4-14(17)12-5-7-13(8-6-12)19-10-9-15(18)16-11(2)3/h5-8,11,14,17H,4,9-10H2,1-3H3,(H,16,18)/t14-/m0/s1. The Kier molecular flexibility index (Phi) is 6.36. The molecule has 1 amide bonds. The number of carbonyl (C=O) groups excluding carboxylic acids is 1. The molecule has 0 unspecified atom stereocenters. The van der Waals surface area contributed by atoms with E-state index >= 15 is 0 Å². The van der Waals surface area contributed by atoms with Gasteiger partial charge in [0.1, 0.15) is 5.75 Å². The smallest absolute Gasteiger partial charge is 0.223 e. The zero-order valence-electron chi connectivity index (χ0n) is 11.8. The highest BCUT2D eigenvalue weighted by Gasteiger charge is 2.06. The van der Waals surface area contributed by atoms with Crippen LogP contribution >= 0.6 is 0 Å². The summed E-state index contributed by atoms with van der Waals surface area (Å²) in [6, 6.07) is 7.47. The van der Waals surface area contributed by atoms with Crippen molar-refractivity contribution >= 4 is 5.91 Å². The summed E-state index contributed by atoms with van der Waals surface area (Å²) < 4.78 is 5.48. The van der Waals surface area contributed by atoms with E-state index in [4.69, 9.17) is 4.74 Å². The minimum Gasteiger partial charge on any atom is -0.493 e. The molecule has 4 nitrogen and oxygen atoms in total. The van der Waals surface area contributed by atoms with Crippen molar-refractivity contribution in [3.63, 3.8) is 0 Å². The molecule has 1 aromatic carbocycles. The van der Waals surface area contributed by atoms with Gasteiger partial charge in [0, 0.05) is 6.04 Å². The Hall–Kier alpha value is -1.55. The minimum absolute atomic E-state index is 0.00646. The summed E-state index contributed by atoms with van der Waals surface area (Å²) in [4.78, 5) is 11.4. The van der Waals surface area contributed by atoms with Crippen LogP contribution in [0.5, 0.6) is 5.75 Å². The maximum absolute atomic E-state index is 11.4. The summed E-state index contributed by atoms with van der Waals surface area (Å²) >= 11 is 0. The molecular weight excluding hydrogens is 242 g/mol. The van der Waals surface area contributed by atoms with Crippen molar-refractivity contribution in [2.75, 3.05) is 6.61 Å². The summed E-state index contributed by atoms with van der Waals surface area (Å²) in [5.41, 5.74) is 0.882. The van der Waals surface area contributed by atoms with Crippen molar-refractivity contribution in [2.24, 2.45) is 0 Å². The van der Waals surface area contributed by atoms with Gasteiger partial charge >= 0.3 is 0 Å². The van der Waals surface area contributed by atoms with Crippen LogP contribution in [0.15, 0.2) is 24.3 Å². The Morgan fingerprint density at radius 2 is 1.95 bits per heavy atom. The summed E-state index contributed by atoms with van der Waals surface area (Å²) in [6.45, 7) is 6.14. The fraction of sp³-hybridized carbons (Fsp3) is 0.533. The van der Waals surface area contributed by atoms with Crippen LogP contribution in [0.3, 0.4) is 0 Å². The molecule has 4 heteroatoms. The molecule has 0 bridgehead atoms. The van der Waals surface area contributed by atoms with Gasteiger partial charge in [-0.1, -0.05) is 19.1 Å². The maximum Gasteiger partial charge on any atom is 0.223 e. The van der Waals surface area contributed by atoms with Crippen LogP contribution in [0, 0.1) is 0 Å². The van der Waals surface area contributed by atoms with Crippen molar-refractivity contribution in [3.8, 4) is 5.75 Å². The fourth-order valence-electron chi connectivity index (χ4n) is 1.68. The predicted octanol–water partition coefficient (Wildman–Crippen LogP) is 2.42.